The summed E-state index contributed by atoms with van der Waals surface area (Å²) >= 11 is 0. The molecule has 160 valence electrons. The number of hydrogen-bond acceptors (Lipinski definition) is 6. The Morgan fingerprint density at radius 3 is 2.67 bits per heavy atom. The lowest BCUT2D eigenvalue weighted by Crippen LogP contribution is -2.28. The zero-order valence-corrected chi connectivity index (χ0v) is 18.0. The van der Waals surface area contributed by atoms with Gasteiger partial charge in [-0.15, -0.1) is 0 Å². The maximum absolute atomic E-state index is 12.9. The number of methoxy groups -OCH3 is 1. The molecule has 2 heterocycles. The Bertz CT molecular complexity index is 1240. The molecular weight excluding hydrogens is 406 g/mol. The Kier molecular flexibility index (Phi) is 5.31. The van der Waals surface area contributed by atoms with E-state index < -0.39 is 21.6 Å². The van der Waals surface area contributed by atoms with Gasteiger partial charge in [0.15, 0.2) is 17.1 Å². The van der Waals surface area contributed by atoms with Crippen molar-refractivity contribution in [1.29, 1.82) is 0 Å². The molecule has 1 atom stereocenters. The Morgan fingerprint density at radius 2 is 2.03 bits per heavy atom. The third kappa shape index (κ3) is 4.07. The lowest BCUT2D eigenvalue weighted by atomic mass is 10.1. The molecule has 1 fully saturated rings. The highest BCUT2D eigenvalue weighted by molar-refractivity contribution is 7.90. The predicted molar refractivity (Wildman–Crippen MR) is 114 cm³/mol. The summed E-state index contributed by atoms with van der Waals surface area (Å²) in [6.45, 7) is 2.28. The van der Waals surface area contributed by atoms with E-state index >= 15 is 0 Å². The Morgan fingerprint density at radius 1 is 1.27 bits per heavy atom. The van der Waals surface area contributed by atoms with Gasteiger partial charge in [-0.3, -0.25) is 4.57 Å². The first-order chi connectivity index (χ1) is 14.3. The number of imidazole rings is 1. The first kappa shape index (κ1) is 20.5. The zero-order chi connectivity index (χ0) is 21.5. The fourth-order valence-corrected chi connectivity index (χ4v) is 4.65. The third-order valence-corrected chi connectivity index (χ3v) is 6.19. The van der Waals surface area contributed by atoms with Gasteiger partial charge >= 0.3 is 5.69 Å². The minimum atomic E-state index is -3.41. The zero-order valence-electron chi connectivity index (χ0n) is 17.2. The number of hydrogen-bond donors (Lipinski definition) is 1. The highest BCUT2D eigenvalue weighted by atomic mass is 32.2. The molecule has 0 spiro atoms. The van der Waals surface area contributed by atoms with Crippen LogP contribution in [0.3, 0.4) is 0 Å². The van der Waals surface area contributed by atoms with Crippen LogP contribution in [0.1, 0.15) is 42.9 Å². The third-order valence-electron chi connectivity index (χ3n) is 5.27. The van der Waals surface area contributed by atoms with Crippen molar-refractivity contribution in [3.05, 3.63) is 52.1 Å². The fraction of sp³-hybridized carbons (Fsp3) is 0.429. The number of rotatable bonds is 8. The van der Waals surface area contributed by atoms with E-state index in [0.29, 0.717) is 40.8 Å². The number of benzene rings is 1. The molecule has 1 saturated carbocycles. The molecule has 1 unspecified atom stereocenters. The number of aromatic amines is 1. The first-order valence-corrected chi connectivity index (χ1v) is 12.0. The van der Waals surface area contributed by atoms with Crippen LogP contribution in [0.25, 0.3) is 11.2 Å². The van der Waals surface area contributed by atoms with Gasteiger partial charge in [0, 0.05) is 12.5 Å². The number of nitrogens with zero attached hydrogens (tertiary/aromatic N) is 2. The summed E-state index contributed by atoms with van der Waals surface area (Å²) in [5.41, 5.74) is 2.38. The normalized spacial score (nSPS) is 15.3. The van der Waals surface area contributed by atoms with Crippen LogP contribution in [0.5, 0.6) is 11.5 Å². The number of aromatic nitrogens is 3. The second kappa shape index (κ2) is 7.79. The number of H-pyrrole nitrogens is 1. The second-order valence-corrected chi connectivity index (χ2v) is 9.85. The van der Waals surface area contributed by atoms with Crippen molar-refractivity contribution in [3.63, 3.8) is 0 Å². The van der Waals surface area contributed by atoms with Crippen LogP contribution in [0.2, 0.25) is 0 Å². The molecule has 1 N–H and O–H groups in total. The van der Waals surface area contributed by atoms with Crippen LogP contribution in [0, 0.1) is 0 Å². The molecule has 0 aliphatic heterocycles. The summed E-state index contributed by atoms with van der Waals surface area (Å²) in [4.78, 5) is 20.2. The molecule has 8 nitrogen and oxygen atoms in total. The molecule has 3 aromatic rings. The van der Waals surface area contributed by atoms with E-state index in [4.69, 9.17) is 9.47 Å². The molecule has 4 rings (SSSR count). The van der Waals surface area contributed by atoms with Crippen LogP contribution < -0.4 is 15.2 Å². The van der Waals surface area contributed by atoms with Gasteiger partial charge in [-0.1, -0.05) is 6.07 Å². The van der Waals surface area contributed by atoms with Crippen LogP contribution >= 0.6 is 0 Å². The maximum atomic E-state index is 12.9. The van der Waals surface area contributed by atoms with Crippen molar-refractivity contribution in [2.45, 2.75) is 31.7 Å². The van der Waals surface area contributed by atoms with Gasteiger partial charge in [0.1, 0.15) is 9.84 Å². The molecule has 1 aromatic carbocycles. The van der Waals surface area contributed by atoms with Gasteiger partial charge in [0.05, 0.1) is 31.0 Å². The van der Waals surface area contributed by atoms with Gasteiger partial charge in [0.2, 0.25) is 0 Å². The van der Waals surface area contributed by atoms with E-state index in [-0.39, 0.29) is 5.75 Å². The van der Waals surface area contributed by atoms with E-state index in [0.717, 1.165) is 24.7 Å². The monoisotopic (exact) mass is 431 g/mol. The summed E-state index contributed by atoms with van der Waals surface area (Å²) < 4.78 is 36.9. The lowest BCUT2D eigenvalue weighted by Gasteiger charge is -2.20. The maximum Gasteiger partial charge on any atom is 0.328 e. The topological polar surface area (TPSA) is 103 Å². The fourth-order valence-electron chi connectivity index (χ4n) is 3.73. The second-order valence-electron chi connectivity index (χ2n) is 7.67. The number of pyridine rings is 1. The Labute approximate surface area is 174 Å². The molecule has 0 radical (unpaired) electrons. The Balaban J connectivity index is 1.87. The molecule has 1 aliphatic rings. The molecule has 30 heavy (non-hydrogen) atoms. The van der Waals surface area contributed by atoms with Gasteiger partial charge in [-0.05, 0) is 55.0 Å². The molecule has 0 bridgehead atoms. The summed E-state index contributed by atoms with van der Waals surface area (Å²) in [7, 11) is -1.87. The SMILES string of the molecule is CCOc1cc(C(CS(C)(=O)=O)n2c(=O)[nH]c3cc(C4CC4)cnc32)ccc1OC. The lowest BCUT2D eigenvalue weighted by molar-refractivity contribution is 0.310. The standard InChI is InChI=1S/C21H25N3O5S/c1-4-29-19-10-14(7-8-18(19)28-2)17(12-30(3,26)27)24-20-16(23-21(24)25)9-15(11-22-20)13-5-6-13/h7-11,13,17H,4-6,12H2,1-3H3,(H,23,25). The summed E-state index contributed by atoms with van der Waals surface area (Å²) in [6, 6.07) is 6.37. The summed E-state index contributed by atoms with van der Waals surface area (Å²) in [5, 5.41) is 0. The van der Waals surface area contributed by atoms with E-state index in [1.807, 2.05) is 13.0 Å². The highest BCUT2D eigenvalue weighted by Gasteiger charge is 2.28. The van der Waals surface area contributed by atoms with Crippen molar-refractivity contribution < 1.29 is 17.9 Å². The highest BCUT2D eigenvalue weighted by Crippen LogP contribution is 2.40. The van der Waals surface area contributed by atoms with Crippen molar-refractivity contribution in [3.8, 4) is 11.5 Å². The van der Waals surface area contributed by atoms with E-state index in [2.05, 4.69) is 9.97 Å². The number of sulfone groups is 1. The van der Waals surface area contributed by atoms with E-state index in [1.165, 1.54) is 11.7 Å². The molecule has 1 aliphatic carbocycles. The largest absolute Gasteiger partial charge is 0.493 e. The van der Waals surface area contributed by atoms with Crippen LogP contribution in [-0.2, 0) is 9.84 Å². The first-order valence-electron chi connectivity index (χ1n) is 9.89. The number of nitrogens with one attached hydrogen (secondary N) is 1. The summed E-state index contributed by atoms with van der Waals surface area (Å²) in [5.74, 6) is 1.28. The average molecular weight is 432 g/mol. The van der Waals surface area contributed by atoms with Gasteiger partial charge < -0.3 is 14.5 Å². The molecule has 0 amide bonds. The Hall–Kier alpha value is -2.81. The van der Waals surface area contributed by atoms with Crippen LogP contribution in [0.15, 0.2) is 35.3 Å². The van der Waals surface area contributed by atoms with Gasteiger partial charge in [0.25, 0.3) is 0 Å². The average Bonchev–Trinajstić information content (AvgIpc) is 3.48. The number of ether oxygens (including phenoxy) is 2. The summed E-state index contributed by atoms with van der Waals surface area (Å²) in [6.07, 6.45) is 5.19. The quantitative estimate of drug-likeness (QED) is 0.588. The minimum Gasteiger partial charge on any atom is -0.493 e. The smallest absolute Gasteiger partial charge is 0.328 e. The van der Waals surface area contributed by atoms with Crippen molar-refractivity contribution >= 4 is 21.0 Å². The predicted octanol–water partition coefficient (Wildman–Crippen LogP) is 2.64. The van der Waals surface area contributed by atoms with E-state index in [9.17, 15) is 13.2 Å². The van der Waals surface area contributed by atoms with Crippen LogP contribution in [-0.4, -0.2) is 48.7 Å². The minimum absolute atomic E-state index is 0.246. The van der Waals surface area contributed by atoms with E-state index in [1.54, 1.807) is 24.4 Å². The molecule has 2 aromatic heterocycles. The number of fused-ring (bicyclic) bond motifs is 1. The van der Waals surface area contributed by atoms with Gasteiger partial charge in [-0.25, -0.2) is 18.2 Å². The van der Waals surface area contributed by atoms with Crippen molar-refractivity contribution in [1.82, 2.24) is 14.5 Å². The molecule has 9 heteroatoms. The van der Waals surface area contributed by atoms with Crippen LogP contribution in [0.4, 0.5) is 0 Å². The molecular formula is C21H25N3O5S. The van der Waals surface area contributed by atoms with Gasteiger partial charge in [-0.2, -0.15) is 0 Å². The molecule has 0 saturated heterocycles. The van der Waals surface area contributed by atoms with Crippen molar-refractivity contribution in [2.75, 3.05) is 25.7 Å². The van der Waals surface area contributed by atoms with Crippen molar-refractivity contribution in [2.24, 2.45) is 0 Å².